The molecule has 8 nitrogen and oxygen atoms in total. The topological polar surface area (TPSA) is 97.8 Å². The monoisotopic (exact) mass is 391 g/mol. The minimum Gasteiger partial charge on any atom is -0.481 e. The van der Waals surface area contributed by atoms with E-state index in [4.69, 9.17) is 9.47 Å². The second-order valence-electron chi connectivity index (χ2n) is 5.93. The number of hydrogen-bond acceptors (Lipinski definition) is 6. The average Bonchev–Trinajstić information content (AvgIpc) is 2.73. The number of nitrogens with one attached hydrogen (secondary N) is 1. The van der Waals surface area contributed by atoms with Gasteiger partial charge >= 0.3 is 0 Å². The molecule has 1 fully saturated rings. The van der Waals surface area contributed by atoms with Crippen molar-refractivity contribution in [2.24, 2.45) is 0 Å². The van der Waals surface area contributed by atoms with Gasteiger partial charge in [0.2, 0.25) is 15.9 Å². The molecule has 0 spiro atoms. The zero-order valence-corrected chi connectivity index (χ0v) is 15.7. The molecule has 0 atom stereocenters. The van der Waals surface area contributed by atoms with Crippen LogP contribution in [0.3, 0.4) is 0 Å². The molecule has 2 heterocycles. The Kier molecular flexibility index (Phi) is 6.04. The number of carbonyl (C=O) groups is 1. The highest BCUT2D eigenvalue weighted by Crippen LogP contribution is 2.17. The first-order valence-corrected chi connectivity index (χ1v) is 9.90. The third-order valence-electron chi connectivity index (χ3n) is 4.19. The Morgan fingerprint density at radius 2 is 1.89 bits per heavy atom. The summed E-state index contributed by atoms with van der Waals surface area (Å²) in [5, 5.41) is 2.78. The van der Waals surface area contributed by atoms with Crippen LogP contribution < -0.4 is 10.1 Å². The van der Waals surface area contributed by atoms with Crippen LogP contribution in [0.1, 0.15) is 15.9 Å². The number of rotatable bonds is 6. The number of carbonyl (C=O) groups excluding carboxylic acids is 1. The van der Waals surface area contributed by atoms with E-state index in [0.717, 1.165) is 5.56 Å². The summed E-state index contributed by atoms with van der Waals surface area (Å²) in [6, 6.07) is 9.74. The van der Waals surface area contributed by atoms with Crippen LogP contribution in [0.2, 0.25) is 0 Å². The van der Waals surface area contributed by atoms with Crippen molar-refractivity contribution in [3.63, 3.8) is 0 Å². The smallest absolute Gasteiger partial charge is 0.253 e. The lowest BCUT2D eigenvalue weighted by Crippen LogP contribution is -2.40. The molecular weight excluding hydrogens is 370 g/mol. The van der Waals surface area contributed by atoms with Gasteiger partial charge in [-0.2, -0.15) is 4.31 Å². The van der Waals surface area contributed by atoms with E-state index in [1.54, 1.807) is 36.4 Å². The molecule has 2 aromatic rings. The van der Waals surface area contributed by atoms with Crippen molar-refractivity contribution < 1.29 is 22.7 Å². The van der Waals surface area contributed by atoms with Crippen molar-refractivity contribution in [1.82, 2.24) is 14.6 Å². The van der Waals surface area contributed by atoms with E-state index in [-0.39, 0.29) is 17.3 Å². The largest absolute Gasteiger partial charge is 0.481 e. The summed E-state index contributed by atoms with van der Waals surface area (Å²) in [5.74, 6) is 0.166. The summed E-state index contributed by atoms with van der Waals surface area (Å²) in [4.78, 5) is 16.4. The van der Waals surface area contributed by atoms with Gasteiger partial charge in [0.1, 0.15) is 0 Å². The van der Waals surface area contributed by atoms with E-state index < -0.39 is 10.0 Å². The Morgan fingerprint density at radius 1 is 1.19 bits per heavy atom. The lowest BCUT2D eigenvalue weighted by Gasteiger charge is -2.26. The van der Waals surface area contributed by atoms with Crippen molar-refractivity contribution in [1.29, 1.82) is 0 Å². The number of ether oxygens (including phenoxy) is 2. The van der Waals surface area contributed by atoms with Gasteiger partial charge in [-0.3, -0.25) is 4.79 Å². The maximum Gasteiger partial charge on any atom is 0.253 e. The summed E-state index contributed by atoms with van der Waals surface area (Å²) in [5.41, 5.74) is 1.22. The summed E-state index contributed by atoms with van der Waals surface area (Å²) in [6.45, 7) is 1.81. The zero-order chi connectivity index (χ0) is 19.3. The molecule has 144 valence electrons. The number of aromatic nitrogens is 1. The van der Waals surface area contributed by atoms with E-state index >= 15 is 0 Å². The van der Waals surface area contributed by atoms with E-state index in [1.165, 1.54) is 17.6 Å². The Morgan fingerprint density at radius 3 is 2.48 bits per heavy atom. The first-order chi connectivity index (χ1) is 13.0. The quantitative estimate of drug-likeness (QED) is 0.790. The van der Waals surface area contributed by atoms with Gasteiger partial charge in [0, 0.05) is 31.9 Å². The van der Waals surface area contributed by atoms with Gasteiger partial charge in [-0.25, -0.2) is 13.4 Å². The number of benzene rings is 1. The molecule has 0 aliphatic carbocycles. The second-order valence-corrected chi connectivity index (χ2v) is 7.87. The molecular formula is C18H21N3O5S. The molecule has 1 aromatic heterocycles. The molecule has 1 N–H and O–H groups in total. The molecule has 1 amide bonds. The minimum atomic E-state index is -3.51. The standard InChI is InChI=1S/C18H21N3O5S/c1-25-17-7-4-15(13-19-17)18(22)20-12-14-2-5-16(6-3-14)27(23,24)21-8-10-26-11-9-21/h2-7,13H,8-12H2,1H3,(H,20,22). The van der Waals surface area contributed by atoms with Crippen molar-refractivity contribution in [2.45, 2.75) is 11.4 Å². The normalized spacial score (nSPS) is 15.3. The number of hydrogen-bond donors (Lipinski definition) is 1. The Bertz CT molecular complexity index is 876. The third-order valence-corrected chi connectivity index (χ3v) is 6.10. The maximum absolute atomic E-state index is 12.6. The second kappa shape index (κ2) is 8.47. The van der Waals surface area contributed by atoms with Gasteiger partial charge in [0.25, 0.3) is 5.91 Å². The van der Waals surface area contributed by atoms with Gasteiger partial charge in [-0.15, -0.1) is 0 Å². The van der Waals surface area contributed by atoms with Gasteiger partial charge in [0.15, 0.2) is 0 Å². The van der Waals surface area contributed by atoms with Crippen molar-refractivity contribution in [3.8, 4) is 5.88 Å². The van der Waals surface area contributed by atoms with E-state index in [0.29, 0.717) is 37.7 Å². The molecule has 1 saturated heterocycles. The number of methoxy groups -OCH3 is 1. The lowest BCUT2D eigenvalue weighted by atomic mass is 10.2. The summed E-state index contributed by atoms with van der Waals surface area (Å²) in [6.07, 6.45) is 1.44. The fourth-order valence-corrected chi connectivity index (χ4v) is 4.04. The minimum absolute atomic E-state index is 0.235. The van der Waals surface area contributed by atoms with Crippen LogP contribution in [-0.2, 0) is 21.3 Å². The molecule has 1 aromatic carbocycles. The van der Waals surface area contributed by atoms with Gasteiger partial charge in [-0.1, -0.05) is 12.1 Å². The molecule has 0 saturated carbocycles. The van der Waals surface area contributed by atoms with E-state index in [9.17, 15) is 13.2 Å². The summed E-state index contributed by atoms with van der Waals surface area (Å²) < 4.78 is 36.7. The van der Waals surface area contributed by atoms with Crippen molar-refractivity contribution in [2.75, 3.05) is 33.4 Å². The molecule has 9 heteroatoms. The Labute approximate surface area is 158 Å². The number of morpholine rings is 1. The third kappa shape index (κ3) is 4.62. The molecule has 27 heavy (non-hydrogen) atoms. The van der Waals surface area contributed by atoms with Gasteiger partial charge in [-0.05, 0) is 23.8 Å². The van der Waals surface area contributed by atoms with Crippen LogP contribution >= 0.6 is 0 Å². The van der Waals surface area contributed by atoms with Crippen molar-refractivity contribution >= 4 is 15.9 Å². The van der Waals surface area contributed by atoms with E-state index in [2.05, 4.69) is 10.3 Å². The Balaban J connectivity index is 1.61. The molecule has 1 aliphatic rings. The lowest BCUT2D eigenvalue weighted by molar-refractivity contribution is 0.0730. The number of amides is 1. The predicted octanol–water partition coefficient (Wildman–Crippen LogP) is 1.04. The first-order valence-electron chi connectivity index (χ1n) is 8.46. The SMILES string of the molecule is COc1ccc(C(=O)NCc2ccc(S(=O)(=O)N3CCOCC3)cc2)cn1. The molecule has 0 bridgehead atoms. The zero-order valence-electron chi connectivity index (χ0n) is 14.9. The Hall–Kier alpha value is -2.49. The predicted molar refractivity (Wildman–Crippen MR) is 98.0 cm³/mol. The van der Waals surface area contributed by atoms with Crippen LogP contribution in [-0.4, -0.2) is 57.0 Å². The van der Waals surface area contributed by atoms with Crippen molar-refractivity contribution in [3.05, 3.63) is 53.7 Å². The number of nitrogens with zero attached hydrogens (tertiary/aromatic N) is 2. The highest BCUT2D eigenvalue weighted by atomic mass is 32.2. The van der Waals surface area contributed by atoms with Gasteiger partial charge < -0.3 is 14.8 Å². The summed E-state index contributed by atoms with van der Waals surface area (Å²) >= 11 is 0. The van der Waals surface area contributed by atoms with Gasteiger partial charge in [0.05, 0.1) is 30.8 Å². The van der Waals surface area contributed by atoms with Crippen LogP contribution in [0, 0.1) is 0 Å². The van der Waals surface area contributed by atoms with Crippen LogP contribution in [0.5, 0.6) is 5.88 Å². The summed E-state index contributed by atoms with van der Waals surface area (Å²) in [7, 11) is -2.01. The average molecular weight is 391 g/mol. The molecule has 1 aliphatic heterocycles. The molecule has 0 unspecified atom stereocenters. The molecule has 0 radical (unpaired) electrons. The number of pyridine rings is 1. The fraction of sp³-hybridized carbons (Fsp3) is 0.333. The van der Waals surface area contributed by atoms with E-state index in [1.807, 2.05) is 0 Å². The molecule has 3 rings (SSSR count). The van der Waals surface area contributed by atoms with Crippen LogP contribution in [0.15, 0.2) is 47.5 Å². The highest BCUT2D eigenvalue weighted by Gasteiger charge is 2.26. The fourth-order valence-electron chi connectivity index (χ4n) is 2.64. The highest BCUT2D eigenvalue weighted by molar-refractivity contribution is 7.89. The van der Waals surface area contributed by atoms with Crippen LogP contribution in [0.25, 0.3) is 0 Å². The maximum atomic E-state index is 12.6. The number of sulfonamides is 1. The first kappa shape index (κ1) is 19.3. The van der Waals surface area contributed by atoms with Crippen LogP contribution in [0.4, 0.5) is 0 Å².